The van der Waals surface area contributed by atoms with Gasteiger partial charge in [-0.05, 0) is 24.6 Å². The van der Waals surface area contributed by atoms with Gasteiger partial charge < -0.3 is 19.9 Å². The van der Waals surface area contributed by atoms with Crippen LogP contribution < -0.4 is 15.4 Å². The molecule has 0 radical (unpaired) electrons. The van der Waals surface area contributed by atoms with Gasteiger partial charge in [0.2, 0.25) is 15.9 Å². The fourth-order valence-electron chi connectivity index (χ4n) is 1.91. The van der Waals surface area contributed by atoms with Crippen molar-refractivity contribution in [2.45, 2.75) is 20.1 Å². The maximum Gasteiger partial charge on any atom is 0.319 e. The van der Waals surface area contributed by atoms with Crippen molar-refractivity contribution < 1.29 is 22.5 Å². The van der Waals surface area contributed by atoms with E-state index in [9.17, 15) is 13.2 Å². The Hall–Kier alpha value is -2.66. The number of anilines is 2. The van der Waals surface area contributed by atoms with Gasteiger partial charge in [0.05, 0.1) is 18.5 Å². The maximum absolute atomic E-state index is 12.0. The molecule has 0 unspecified atom stereocenters. The lowest BCUT2D eigenvalue weighted by Gasteiger charge is -2.11. The fourth-order valence-corrected chi connectivity index (χ4v) is 2.46. The molecule has 0 atom stereocenters. The van der Waals surface area contributed by atoms with Gasteiger partial charge in [-0.1, -0.05) is 11.2 Å². The van der Waals surface area contributed by atoms with Crippen molar-refractivity contribution in [1.82, 2.24) is 15.5 Å². The van der Waals surface area contributed by atoms with Gasteiger partial charge in [0.15, 0.2) is 5.82 Å². The number of rotatable bonds is 7. The highest BCUT2D eigenvalue weighted by Crippen LogP contribution is 2.20. The number of aromatic nitrogens is 2. The highest BCUT2D eigenvalue weighted by Gasteiger charge is 2.10. The van der Waals surface area contributed by atoms with E-state index >= 15 is 0 Å². The molecule has 0 aliphatic carbocycles. The van der Waals surface area contributed by atoms with Crippen LogP contribution in [0.3, 0.4) is 0 Å². The van der Waals surface area contributed by atoms with Crippen LogP contribution in [-0.4, -0.2) is 38.0 Å². The van der Waals surface area contributed by atoms with Gasteiger partial charge in [-0.3, -0.25) is 4.72 Å². The molecule has 2 amide bonds. The van der Waals surface area contributed by atoms with E-state index in [4.69, 9.17) is 9.26 Å². The number of carbonyl (C=O) groups is 1. The Morgan fingerprint density at radius 1 is 1.36 bits per heavy atom. The van der Waals surface area contributed by atoms with Crippen LogP contribution in [0.15, 0.2) is 22.7 Å². The first-order chi connectivity index (χ1) is 11.8. The molecule has 3 N–H and O–H groups in total. The lowest BCUT2D eigenvalue weighted by molar-refractivity contribution is 0.174. The van der Waals surface area contributed by atoms with Crippen molar-refractivity contribution in [2.24, 2.45) is 0 Å². The summed E-state index contributed by atoms with van der Waals surface area (Å²) in [6.07, 6.45) is 1.05. The van der Waals surface area contributed by atoms with E-state index in [0.717, 1.165) is 11.8 Å². The Kier molecular flexibility index (Phi) is 5.93. The third-order valence-electron chi connectivity index (χ3n) is 2.97. The molecule has 136 valence electrons. The van der Waals surface area contributed by atoms with E-state index in [-0.39, 0.29) is 19.0 Å². The molecule has 0 aliphatic rings. The molecule has 1 aromatic heterocycles. The molecular formula is C14H19N5O5S. The Morgan fingerprint density at radius 3 is 2.80 bits per heavy atom. The van der Waals surface area contributed by atoms with E-state index in [1.807, 2.05) is 0 Å². The van der Waals surface area contributed by atoms with E-state index in [1.54, 1.807) is 19.1 Å². The van der Waals surface area contributed by atoms with E-state index < -0.39 is 16.1 Å². The second-order valence-electron chi connectivity index (χ2n) is 5.25. The first-order valence-electron chi connectivity index (χ1n) is 7.20. The number of nitrogens with one attached hydrogen (secondary N) is 3. The minimum Gasteiger partial charge on any atom is -0.377 e. The first-order valence-corrected chi connectivity index (χ1v) is 9.09. The second-order valence-corrected chi connectivity index (χ2v) is 7.00. The summed E-state index contributed by atoms with van der Waals surface area (Å²) in [4.78, 5) is 16.0. The molecule has 2 rings (SSSR count). The van der Waals surface area contributed by atoms with Crippen LogP contribution in [0.2, 0.25) is 0 Å². The molecule has 1 heterocycles. The second kappa shape index (κ2) is 7.94. The summed E-state index contributed by atoms with van der Waals surface area (Å²) in [6, 6.07) is 4.33. The van der Waals surface area contributed by atoms with Crippen molar-refractivity contribution in [3.63, 3.8) is 0 Å². The minimum absolute atomic E-state index is 0.0445. The Labute approximate surface area is 145 Å². The number of carbonyl (C=O) groups excluding carboxylic acids is 1. The van der Waals surface area contributed by atoms with Gasteiger partial charge in [0, 0.05) is 12.8 Å². The number of nitrogens with zero attached hydrogens (tertiary/aromatic N) is 2. The maximum atomic E-state index is 12.0. The zero-order valence-electron chi connectivity index (χ0n) is 14.0. The summed E-state index contributed by atoms with van der Waals surface area (Å²) in [5.41, 5.74) is 1.59. The molecule has 25 heavy (non-hydrogen) atoms. The van der Waals surface area contributed by atoms with Crippen LogP contribution in [0.25, 0.3) is 0 Å². The lowest BCUT2D eigenvalue weighted by atomic mass is 10.2. The molecule has 0 fully saturated rings. The molecule has 0 aliphatic heterocycles. The molecule has 0 bridgehead atoms. The zero-order chi connectivity index (χ0) is 18.4. The molecule has 0 saturated heterocycles. The summed E-state index contributed by atoms with van der Waals surface area (Å²) >= 11 is 0. The average Bonchev–Trinajstić information content (AvgIpc) is 2.95. The summed E-state index contributed by atoms with van der Waals surface area (Å²) < 4.78 is 34.7. The molecule has 0 saturated carbocycles. The van der Waals surface area contributed by atoms with Crippen molar-refractivity contribution in [1.29, 1.82) is 0 Å². The average molecular weight is 369 g/mol. The number of ether oxygens (including phenoxy) is 1. The van der Waals surface area contributed by atoms with Gasteiger partial charge in [-0.25, -0.2) is 13.2 Å². The van der Waals surface area contributed by atoms with Gasteiger partial charge in [0.25, 0.3) is 0 Å². The summed E-state index contributed by atoms with van der Waals surface area (Å²) in [7, 11) is -1.89. The minimum atomic E-state index is -3.40. The van der Waals surface area contributed by atoms with E-state index in [0.29, 0.717) is 17.2 Å². The number of methoxy groups -OCH3 is 1. The van der Waals surface area contributed by atoms with Crippen LogP contribution in [0.1, 0.15) is 17.3 Å². The monoisotopic (exact) mass is 369 g/mol. The highest BCUT2D eigenvalue weighted by atomic mass is 32.2. The van der Waals surface area contributed by atoms with Gasteiger partial charge in [-0.15, -0.1) is 0 Å². The summed E-state index contributed by atoms with van der Waals surface area (Å²) in [6.45, 7) is 2.05. The van der Waals surface area contributed by atoms with Gasteiger partial charge >= 0.3 is 6.03 Å². The standard InChI is InChI=1S/C14H19N5O5S/c1-9-4-5-10(19-25(3,21)22)6-11(9)16-14(20)15-7-13-17-12(8-23-2)18-24-13/h4-6,19H,7-8H2,1-3H3,(H2,15,16,20). The predicted molar refractivity (Wildman–Crippen MR) is 90.5 cm³/mol. The molecular weight excluding hydrogens is 350 g/mol. The lowest BCUT2D eigenvalue weighted by Crippen LogP contribution is -2.28. The van der Waals surface area contributed by atoms with Gasteiger partial charge in [-0.2, -0.15) is 4.98 Å². The van der Waals surface area contributed by atoms with Crippen LogP contribution >= 0.6 is 0 Å². The molecule has 1 aromatic carbocycles. The fraction of sp³-hybridized carbons (Fsp3) is 0.357. The number of aryl methyl sites for hydroxylation is 1. The summed E-state index contributed by atoms with van der Waals surface area (Å²) in [5.74, 6) is 0.626. The topological polar surface area (TPSA) is 135 Å². The van der Waals surface area contributed by atoms with Crippen molar-refractivity contribution in [2.75, 3.05) is 23.4 Å². The normalized spacial score (nSPS) is 11.2. The third kappa shape index (κ3) is 6.04. The van der Waals surface area contributed by atoms with Crippen molar-refractivity contribution in [3.05, 3.63) is 35.5 Å². The van der Waals surface area contributed by atoms with Crippen LogP contribution in [0, 0.1) is 6.92 Å². The first kappa shape index (κ1) is 18.7. The number of amides is 2. The number of benzene rings is 1. The molecule has 0 spiro atoms. The summed E-state index contributed by atoms with van der Waals surface area (Å²) in [5, 5.41) is 8.89. The largest absolute Gasteiger partial charge is 0.377 e. The van der Waals surface area contributed by atoms with Crippen LogP contribution in [-0.2, 0) is 27.9 Å². The number of urea groups is 1. The Bertz CT molecular complexity index is 849. The zero-order valence-corrected chi connectivity index (χ0v) is 14.8. The number of hydrogen-bond acceptors (Lipinski definition) is 7. The van der Waals surface area contributed by atoms with Crippen LogP contribution in [0.4, 0.5) is 16.2 Å². The van der Waals surface area contributed by atoms with E-state index in [1.165, 1.54) is 13.2 Å². The highest BCUT2D eigenvalue weighted by molar-refractivity contribution is 7.92. The molecule has 11 heteroatoms. The molecule has 10 nitrogen and oxygen atoms in total. The predicted octanol–water partition coefficient (Wildman–Crippen LogP) is 1.22. The number of hydrogen-bond donors (Lipinski definition) is 3. The Balaban J connectivity index is 1.96. The third-order valence-corrected chi connectivity index (χ3v) is 3.58. The van der Waals surface area contributed by atoms with Gasteiger partial charge in [0.1, 0.15) is 6.61 Å². The quantitative estimate of drug-likeness (QED) is 0.667. The smallest absolute Gasteiger partial charge is 0.319 e. The van der Waals surface area contributed by atoms with E-state index in [2.05, 4.69) is 25.5 Å². The van der Waals surface area contributed by atoms with Crippen molar-refractivity contribution in [3.8, 4) is 0 Å². The Morgan fingerprint density at radius 2 is 2.12 bits per heavy atom. The number of sulfonamides is 1. The van der Waals surface area contributed by atoms with Crippen LogP contribution in [0.5, 0.6) is 0 Å². The van der Waals surface area contributed by atoms with Crippen molar-refractivity contribution >= 4 is 27.4 Å². The SMILES string of the molecule is COCc1noc(CNC(=O)Nc2cc(NS(C)(=O)=O)ccc2C)n1. The molecule has 2 aromatic rings.